The zero-order chi connectivity index (χ0) is 13.2. The van der Waals surface area contributed by atoms with Gasteiger partial charge in [0, 0.05) is 0 Å². The van der Waals surface area contributed by atoms with Gasteiger partial charge in [0.15, 0.2) is 0 Å². The molecule has 0 atom stereocenters. The summed E-state index contributed by atoms with van der Waals surface area (Å²) in [5.74, 6) is -0.809. The summed E-state index contributed by atoms with van der Waals surface area (Å²) in [6.45, 7) is -0.456. The minimum atomic E-state index is -0.573. The van der Waals surface area contributed by atoms with Gasteiger partial charge in [0.25, 0.3) is 5.91 Å². The van der Waals surface area contributed by atoms with Crippen LogP contribution in [0.25, 0.3) is 0 Å². The van der Waals surface area contributed by atoms with Crippen molar-refractivity contribution in [3.05, 3.63) is 0 Å². The molecule has 2 aliphatic rings. The quantitative estimate of drug-likeness (QED) is 0.559. The van der Waals surface area contributed by atoms with E-state index in [-0.39, 0.29) is 19.7 Å². The molecule has 0 aromatic carbocycles. The molecule has 2 fully saturated rings. The molecule has 4 amide bonds. The van der Waals surface area contributed by atoms with Crippen LogP contribution in [-0.2, 0) is 9.59 Å². The van der Waals surface area contributed by atoms with Gasteiger partial charge in [-0.3, -0.25) is 14.5 Å². The summed E-state index contributed by atoms with van der Waals surface area (Å²) in [6, 6.07) is -0.542. The van der Waals surface area contributed by atoms with Gasteiger partial charge >= 0.3 is 6.03 Å². The van der Waals surface area contributed by atoms with Crippen LogP contribution < -0.4 is 10.6 Å². The second kappa shape index (κ2) is 4.93. The van der Waals surface area contributed by atoms with Crippen molar-refractivity contribution in [2.75, 3.05) is 19.7 Å². The molecule has 0 aromatic rings. The van der Waals surface area contributed by atoms with Crippen LogP contribution in [0.4, 0.5) is 4.79 Å². The van der Waals surface area contributed by atoms with Crippen molar-refractivity contribution in [2.24, 2.45) is 0 Å². The van der Waals surface area contributed by atoms with Crippen molar-refractivity contribution >= 4 is 17.8 Å². The number of nitrogens with zero attached hydrogens (tertiary/aromatic N) is 1. The number of amides is 4. The summed E-state index contributed by atoms with van der Waals surface area (Å²) in [5.41, 5.74) is -0.573. The number of carbonyl (C=O) groups excluding carboxylic acids is 3. The minimum absolute atomic E-state index is 0.0583. The molecule has 1 aliphatic heterocycles. The second-order valence-corrected chi connectivity index (χ2v) is 4.83. The van der Waals surface area contributed by atoms with Gasteiger partial charge in [0.2, 0.25) is 5.91 Å². The summed E-state index contributed by atoms with van der Waals surface area (Å²) in [5, 5.41) is 14.5. The highest BCUT2D eigenvalue weighted by molar-refractivity contribution is 6.04. The number of carbonyl (C=O) groups is 3. The van der Waals surface area contributed by atoms with Gasteiger partial charge in [0.05, 0.1) is 18.7 Å². The SMILES string of the molecule is O=C(CN1C(=O)CNC1=O)NC1(CO)CCCC1. The Kier molecular flexibility index (Phi) is 3.51. The fraction of sp³-hybridized carbons (Fsp3) is 0.727. The lowest BCUT2D eigenvalue weighted by Crippen LogP contribution is -2.52. The van der Waals surface area contributed by atoms with Crippen molar-refractivity contribution in [3.63, 3.8) is 0 Å². The van der Waals surface area contributed by atoms with E-state index in [0.29, 0.717) is 0 Å². The summed E-state index contributed by atoms with van der Waals surface area (Å²) in [6.07, 6.45) is 3.39. The third-order valence-corrected chi connectivity index (χ3v) is 3.51. The Morgan fingerprint density at radius 2 is 2.06 bits per heavy atom. The molecule has 1 heterocycles. The lowest BCUT2D eigenvalue weighted by molar-refractivity contribution is -0.131. The number of hydrogen-bond donors (Lipinski definition) is 3. The van der Waals surface area contributed by atoms with E-state index in [4.69, 9.17) is 0 Å². The molecule has 0 bridgehead atoms. The molecule has 1 saturated heterocycles. The van der Waals surface area contributed by atoms with Gasteiger partial charge in [-0.2, -0.15) is 0 Å². The molecule has 18 heavy (non-hydrogen) atoms. The topological polar surface area (TPSA) is 98.7 Å². The van der Waals surface area contributed by atoms with E-state index in [1.807, 2.05) is 0 Å². The predicted molar refractivity (Wildman–Crippen MR) is 61.5 cm³/mol. The average molecular weight is 255 g/mol. The Balaban J connectivity index is 1.92. The lowest BCUT2D eigenvalue weighted by atomic mass is 9.99. The molecule has 0 spiro atoms. The smallest absolute Gasteiger partial charge is 0.325 e. The van der Waals surface area contributed by atoms with E-state index in [0.717, 1.165) is 30.6 Å². The van der Waals surface area contributed by atoms with Gasteiger partial charge in [-0.25, -0.2) is 4.79 Å². The third kappa shape index (κ3) is 2.45. The first-order chi connectivity index (χ1) is 8.56. The Morgan fingerprint density at radius 1 is 1.39 bits per heavy atom. The number of hydrogen-bond acceptors (Lipinski definition) is 4. The van der Waals surface area contributed by atoms with Gasteiger partial charge in [-0.05, 0) is 12.8 Å². The summed E-state index contributed by atoms with van der Waals surface area (Å²) in [4.78, 5) is 35.3. The Hall–Kier alpha value is -1.63. The summed E-state index contributed by atoms with van der Waals surface area (Å²) < 4.78 is 0. The molecule has 0 aromatic heterocycles. The maximum Gasteiger partial charge on any atom is 0.325 e. The van der Waals surface area contributed by atoms with Crippen molar-refractivity contribution < 1.29 is 19.5 Å². The van der Waals surface area contributed by atoms with Gasteiger partial charge in [-0.1, -0.05) is 12.8 Å². The van der Waals surface area contributed by atoms with E-state index in [2.05, 4.69) is 10.6 Å². The van der Waals surface area contributed by atoms with Crippen LogP contribution in [0.5, 0.6) is 0 Å². The van der Waals surface area contributed by atoms with E-state index in [1.54, 1.807) is 0 Å². The first kappa shape index (κ1) is 12.8. The highest BCUT2D eigenvalue weighted by atomic mass is 16.3. The maximum atomic E-state index is 11.8. The van der Waals surface area contributed by atoms with Crippen LogP contribution >= 0.6 is 0 Å². The van der Waals surface area contributed by atoms with E-state index in [1.165, 1.54) is 0 Å². The van der Waals surface area contributed by atoms with Gasteiger partial charge in [-0.15, -0.1) is 0 Å². The lowest BCUT2D eigenvalue weighted by Gasteiger charge is -2.28. The van der Waals surface area contributed by atoms with Crippen LogP contribution in [0.15, 0.2) is 0 Å². The molecule has 1 saturated carbocycles. The first-order valence-corrected chi connectivity index (χ1v) is 6.06. The normalized spacial score (nSPS) is 22.2. The summed E-state index contributed by atoms with van der Waals surface area (Å²) in [7, 11) is 0. The minimum Gasteiger partial charge on any atom is -0.394 e. The molecule has 7 nitrogen and oxygen atoms in total. The standard InChI is InChI=1S/C11H17N3O4/c15-7-11(3-1-2-4-11)13-8(16)6-14-9(17)5-12-10(14)18/h15H,1-7H2,(H,12,18)(H,13,16). The van der Waals surface area contributed by atoms with E-state index < -0.39 is 23.4 Å². The molecule has 0 unspecified atom stereocenters. The van der Waals surface area contributed by atoms with Crippen LogP contribution in [0.3, 0.4) is 0 Å². The molecular weight excluding hydrogens is 238 g/mol. The van der Waals surface area contributed by atoms with Crippen LogP contribution in [-0.4, -0.2) is 53.1 Å². The van der Waals surface area contributed by atoms with E-state index in [9.17, 15) is 19.5 Å². The van der Waals surface area contributed by atoms with Crippen LogP contribution in [0.1, 0.15) is 25.7 Å². The van der Waals surface area contributed by atoms with Gasteiger partial charge in [0.1, 0.15) is 6.54 Å². The van der Waals surface area contributed by atoms with Crippen molar-refractivity contribution in [1.29, 1.82) is 0 Å². The fourth-order valence-electron chi connectivity index (χ4n) is 2.47. The largest absolute Gasteiger partial charge is 0.394 e. The van der Waals surface area contributed by atoms with E-state index >= 15 is 0 Å². The fourth-order valence-corrected chi connectivity index (χ4v) is 2.47. The number of urea groups is 1. The van der Waals surface area contributed by atoms with Crippen LogP contribution in [0, 0.1) is 0 Å². The Bertz CT molecular complexity index is 360. The average Bonchev–Trinajstić information content (AvgIpc) is 2.92. The third-order valence-electron chi connectivity index (χ3n) is 3.51. The number of rotatable bonds is 4. The number of nitrogens with one attached hydrogen (secondary N) is 2. The van der Waals surface area contributed by atoms with Crippen molar-refractivity contribution in [3.8, 4) is 0 Å². The van der Waals surface area contributed by atoms with Crippen molar-refractivity contribution in [2.45, 2.75) is 31.2 Å². The Morgan fingerprint density at radius 3 is 2.56 bits per heavy atom. The molecule has 2 rings (SSSR count). The highest BCUT2D eigenvalue weighted by Crippen LogP contribution is 2.28. The highest BCUT2D eigenvalue weighted by Gasteiger charge is 2.36. The first-order valence-electron chi connectivity index (χ1n) is 6.06. The Labute approximate surface area is 105 Å². The summed E-state index contributed by atoms with van der Waals surface area (Å²) >= 11 is 0. The zero-order valence-corrected chi connectivity index (χ0v) is 10.1. The number of imide groups is 1. The monoisotopic (exact) mass is 255 g/mol. The zero-order valence-electron chi connectivity index (χ0n) is 10.1. The molecular formula is C11H17N3O4. The predicted octanol–water partition coefficient (Wildman–Crippen LogP) is -1.04. The van der Waals surface area contributed by atoms with Crippen molar-refractivity contribution in [1.82, 2.24) is 15.5 Å². The molecule has 3 N–H and O–H groups in total. The second-order valence-electron chi connectivity index (χ2n) is 4.83. The molecule has 1 aliphatic carbocycles. The number of aliphatic hydroxyl groups is 1. The number of aliphatic hydroxyl groups excluding tert-OH is 1. The molecule has 100 valence electrons. The van der Waals surface area contributed by atoms with Crippen LogP contribution in [0.2, 0.25) is 0 Å². The molecule has 0 radical (unpaired) electrons. The van der Waals surface area contributed by atoms with Gasteiger partial charge < -0.3 is 15.7 Å². The maximum absolute atomic E-state index is 11.8. The molecule has 7 heteroatoms.